The molecule has 0 aliphatic carbocycles. The molecule has 0 amide bonds. The topological polar surface area (TPSA) is 18.5 Å². The van der Waals surface area contributed by atoms with E-state index in [9.17, 15) is 0 Å². The van der Waals surface area contributed by atoms with Gasteiger partial charge in [0.1, 0.15) is 23.2 Å². The van der Waals surface area contributed by atoms with E-state index < -0.39 is 7.26 Å². The summed E-state index contributed by atoms with van der Waals surface area (Å²) in [4.78, 5) is 0. The Morgan fingerprint density at radius 1 is 0.714 bits per heavy atom. The molecule has 2 nitrogen and oxygen atoms in total. The van der Waals surface area contributed by atoms with Crippen LogP contribution in [0.4, 0.5) is 0 Å². The maximum absolute atomic E-state index is 6.44. The van der Waals surface area contributed by atoms with Crippen LogP contribution in [0.25, 0.3) is 0 Å². The molecule has 28 heavy (non-hydrogen) atoms. The molecule has 0 radical (unpaired) electrons. The standard InChI is InChI=1S/C24H26O2P.ClH/c1-4-12-21(13-5-1)27(22-14-6-2-7-15-22,23-16-8-3-9-17-23)20-26-24-18-10-11-19-25-24;/h1-9,12-17,24H,10-11,18-20H2;1H/q+1;/p-1. The largest absolute Gasteiger partial charge is 1.00 e. The second-order valence-corrected chi connectivity index (χ2v) is 10.3. The fourth-order valence-corrected chi connectivity index (χ4v) is 7.53. The van der Waals surface area contributed by atoms with Crippen LogP contribution in [0.1, 0.15) is 19.3 Å². The molecule has 0 bridgehead atoms. The van der Waals surface area contributed by atoms with Crippen LogP contribution in [0.2, 0.25) is 0 Å². The van der Waals surface area contributed by atoms with Crippen molar-refractivity contribution in [3.63, 3.8) is 0 Å². The zero-order valence-electron chi connectivity index (χ0n) is 15.9. The van der Waals surface area contributed by atoms with E-state index in [-0.39, 0.29) is 18.7 Å². The number of hydrogen-bond acceptors (Lipinski definition) is 2. The molecule has 1 heterocycles. The molecule has 1 atom stereocenters. The molecule has 4 heteroatoms. The summed E-state index contributed by atoms with van der Waals surface area (Å²) in [7, 11) is -1.92. The second-order valence-electron chi connectivity index (χ2n) is 6.91. The van der Waals surface area contributed by atoms with E-state index in [0.717, 1.165) is 19.4 Å². The van der Waals surface area contributed by atoms with Crippen LogP contribution in [-0.4, -0.2) is 19.2 Å². The van der Waals surface area contributed by atoms with Crippen molar-refractivity contribution in [1.82, 2.24) is 0 Å². The van der Waals surface area contributed by atoms with Gasteiger partial charge >= 0.3 is 0 Å². The number of ether oxygens (including phenoxy) is 2. The first-order valence-corrected chi connectivity index (χ1v) is 11.7. The third-order valence-corrected chi connectivity index (χ3v) is 9.26. The van der Waals surface area contributed by atoms with E-state index in [1.165, 1.54) is 22.3 Å². The summed E-state index contributed by atoms with van der Waals surface area (Å²) in [5, 5.41) is 4.04. The SMILES string of the molecule is [Cl-].c1ccc([P+](COC2CCCCO2)(c2ccccc2)c2ccccc2)cc1. The van der Waals surface area contributed by atoms with Gasteiger partial charge in [-0.05, 0) is 55.7 Å². The van der Waals surface area contributed by atoms with Crippen molar-refractivity contribution < 1.29 is 21.9 Å². The van der Waals surface area contributed by atoms with Crippen LogP contribution in [0, 0.1) is 0 Å². The van der Waals surface area contributed by atoms with Crippen LogP contribution in [0.3, 0.4) is 0 Å². The summed E-state index contributed by atoms with van der Waals surface area (Å²) in [6.07, 6.45) is 3.87. The van der Waals surface area contributed by atoms with Crippen molar-refractivity contribution in [2.75, 3.05) is 13.0 Å². The normalized spacial score (nSPS) is 16.9. The van der Waals surface area contributed by atoms with E-state index in [1.807, 2.05) is 0 Å². The lowest BCUT2D eigenvalue weighted by Crippen LogP contribution is -3.00. The summed E-state index contributed by atoms with van der Waals surface area (Å²) in [5.74, 6) is 0. The molecule has 3 aromatic rings. The Kier molecular flexibility index (Phi) is 7.65. The third-order valence-electron chi connectivity index (χ3n) is 5.18. The first-order valence-electron chi connectivity index (χ1n) is 9.68. The van der Waals surface area contributed by atoms with Gasteiger partial charge in [0.25, 0.3) is 0 Å². The van der Waals surface area contributed by atoms with Crippen LogP contribution >= 0.6 is 7.26 Å². The molecule has 1 unspecified atom stereocenters. The Balaban J connectivity index is 0.00000225. The summed E-state index contributed by atoms with van der Waals surface area (Å²) in [6, 6.07) is 32.5. The van der Waals surface area contributed by atoms with Gasteiger partial charge in [-0.25, -0.2) is 0 Å². The summed E-state index contributed by atoms with van der Waals surface area (Å²) >= 11 is 0. The highest BCUT2D eigenvalue weighted by atomic mass is 35.5. The molecular formula is C24H26ClO2P. The summed E-state index contributed by atoms with van der Waals surface area (Å²) in [5.41, 5.74) is 0. The smallest absolute Gasteiger partial charge is 0.174 e. The van der Waals surface area contributed by atoms with Gasteiger partial charge in [-0.2, -0.15) is 0 Å². The van der Waals surface area contributed by atoms with Crippen molar-refractivity contribution in [3.05, 3.63) is 91.0 Å². The maximum atomic E-state index is 6.44. The zero-order valence-corrected chi connectivity index (χ0v) is 17.6. The molecule has 3 aromatic carbocycles. The van der Waals surface area contributed by atoms with E-state index >= 15 is 0 Å². The quantitative estimate of drug-likeness (QED) is 0.571. The van der Waals surface area contributed by atoms with E-state index in [0.29, 0.717) is 6.35 Å². The fraction of sp³-hybridized carbons (Fsp3) is 0.250. The third kappa shape index (κ3) is 4.47. The minimum absolute atomic E-state index is 0. The lowest BCUT2D eigenvalue weighted by molar-refractivity contribution is -0.150. The predicted octanol–water partition coefficient (Wildman–Crippen LogP) is 1.49. The van der Waals surface area contributed by atoms with Crippen LogP contribution in [0.15, 0.2) is 91.0 Å². The van der Waals surface area contributed by atoms with Gasteiger partial charge in [-0.15, -0.1) is 0 Å². The van der Waals surface area contributed by atoms with Crippen LogP contribution in [0.5, 0.6) is 0 Å². The van der Waals surface area contributed by atoms with Gasteiger partial charge in [-0.3, -0.25) is 0 Å². The molecular weight excluding hydrogens is 387 g/mol. The molecule has 146 valence electrons. The highest BCUT2D eigenvalue weighted by molar-refractivity contribution is 7.95. The zero-order chi connectivity index (χ0) is 18.4. The van der Waals surface area contributed by atoms with Gasteiger partial charge in [0.15, 0.2) is 12.6 Å². The lowest BCUT2D eigenvalue weighted by Gasteiger charge is -2.30. The van der Waals surface area contributed by atoms with Gasteiger partial charge in [0, 0.05) is 6.61 Å². The molecule has 1 aliphatic heterocycles. The van der Waals surface area contributed by atoms with E-state index in [2.05, 4.69) is 91.0 Å². The lowest BCUT2D eigenvalue weighted by atomic mass is 10.2. The Morgan fingerprint density at radius 2 is 1.18 bits per heavy atom. The summed E-state index contributed by atoms with van der Waals surface area (Å²) in [6.45, 7) is 0.804. The molecule has 0 aromatic heterocycles. The molecule has 0 N–H and O–H groups in total. The Bertz CT molecular complexity index is 724. The number of halogens is 1. The monoisotopic (exact) mass is 412 g/mol. The van der Waals surface area contributed by atoms with Gasteiger partial charge in [0.05, 0.1) is 0 Å². The van der Waals surface area contributed by atoms with Crippen molar-refractivity contribution >= 4 is 23.2 Å². The molecule has 1 saturated heterocycles. The Hall–Kier alpha value is -1.70. The van der Waals surface area contributed by atoms with Gasteiger partial charge in [0.2, 0.25) is 0 Å². The maximum Gasteiger partial charge on any atom is 0.174 e. The van der Waals surface area contributed by atoms with Crippen molar-refractivity contribution in [3.8, 4) is 0 Å². The second kappa shape index (κ2) is 10.2. The highest BCUT2D eigenvalue weighted by Crippen LogP contribution is 2.55. The van der Waals surface area contributed by atoms with E-state index in [4.69, 9.17) is 9.47 Å². The molecule has 1 fully saturated rings. The first kappa shape index (κ1) is 21.0. The number of hydrogen-bond donors (Lipinski definition) is 0. The number of rotatable bonds is 6. The minimum atomic E-state index is -1.92. The average molecular weight is 413 g/mol. The Labute approximate surface area is 174 Å². The van der Waals surface area contributed by atoms with Gasteiger partial charge in [-0.1, -0.05) is 54.6 Å². The van der Waals surface area contributed by atoms with Crippen LogP contribution < -0.4 is 28.3 Å². The van der Waals surface area contributed by atoms with E-state index in [1.54, 1.807) is 0 Å². The van der Waals surface area contributed by atoms with Crippen molar-refractivity contribution in [1.29, 1.82) is 0 Å². The predicted molar refractivity (Wildman–Crippen MR) is 115 cm³/mol. The average Bonchev–Trinajstić information content (AvgIpc) is 2.77. The van der Waals surface area contributed by atoms with Crippen molar-refractivity contribution in [2.45, 2.75) is 25.6 Å². The molecule has 0 saturated carbocycles. The number of benzene rings is 3. The molecule has 1 aliphatic rings. The first-order chi connectivity index (χ1) is 13.4. The van der Waals surface area contributed by atoms with Gasteiger partial charge < -0.3 is 21.9 Å². The fourth-order valence-electron chi connectivity index (χ4n) is 3.76. The summed E-state index contributed by atoms with van der Waals surface area (Å²) < 4.78 is 12.3. The minimum Gasteiger partial charge on any atom is -1.00 e. The molecule has 4 rings (SSSR count). The van der Waals surface area contributed by atoms with Crippen LogP contribution in [-0.2, 0) is 9.47 Å². The highest BCUT2D eigenvalue weighted by Gasteiger charge is 2.46. The molecule has 0 spiro atoms. The Morgan fingerprint density at radius 3 is 1.57 bits per heavy atom. The van der Waals surface area contributed by atoms with Crippen molar-refractivity contribution in [2.24, 2.45) is 0 Å².